The zero-order valence-electron chi connectivity index (χ0n) is 12.2. The van der Waals surface area contributed by atoms with Crippen LogP contribution in [0.2, 0.25) is 0 Å². The van der Waals surface area contributed by atoms with Gasteiger partial charge in [-0.15, -0.1) is 0 Å². The van der Waals surface area contributed by atoms with Crippen LogP contribution in [-0.4, -0.2) is 34.4 Å². The Morgan fingerprint density at radius 2 is 2.05 bits per heavy atom. The number of aryl methyl sites for hydroxylation is 1. The van der Waals surface area contributed by atoms with Crippen molar-refractivity contribution >= 4 is 10.9 Å². The normalized spacial score (nSPS) is 12.7. The van der Waals surface area contributed by atoms with Crippen LogP contribution in [0.3, 0.4) is 0 Å². The minimum atomic E-state index is -0.317. The summed E-state index contributed by atoms with van der Waals surface area (Å²) in [6.45, 7) is 3.25. The number of aromatic amines is 1. The molecule has 0 aliphatic carbocycles. The first-order valence-electron chi connectivity index (χ1n) is 7.30. The van der Waals surface area contributed by atoms with E-state index in [4.69, 9.17) is 5.11 Å². The van der Waals surface area contributed by atoms with Gasteiger partial charge in [0, 0.05) is 18.0 Å². The number of pyridine rings is 1. The number of H-pyrrole nitrogens is 1. The third kappa shape index (κ3) is 4.31. The van der Waals surface area contributed by atoms with Gasteiger partial charge in [0.1, 0.15) is 5.75 Å². The van der Waals surface area contributed by atoms with Crippen molar-refractivity contribution in [1.29, 1.82) is 0 Å². The van der Waals surface area contributed by atoms with Gasteiger partial charge in [-0.1, -0.05) is 6.07 Å². The molecule has 1 heterocycles. The summed E-state index contributed by atoms with van der Waals surface area (Å²) in [4.78, 5) is 14.0. The second kappa shape index (κ2) is 7.24. The van der Waals surface area contributed by atoms with Crippen molar-refractivity contribution in [2.24, 2.45) is 0 Å². The van der Waals surface area contributed by atoms with Gasteiger partial charge in [0.05, 0.1) is 11.6 Å². The lowest BCUT2D eigenvalue weighted by Gasteiger charge is -2.09. The quantitative estimate of drug-likeness (QED) is 0.583. The summed E-state index contributed by atoms with van der Waals surface area (Å²) in [7, 11) is 0. The fraction of sp³-hybridized carbons (Fsp3) is 0.438. The molecule has 0 bridgehead atoms. The van der Waals surface area contributed by atoms with Crippen LogP contribution in [0.25, 0.3) is 10.9 Å². The summed E-state index contributed by atoms with van der Waals surface area (Å²) in [5.41, 5.74) is 1.42. The summed E-state index contributed by atoms with van der Waals surface area (Å²) in [5, 5.41) is 23.0. The number of nitrogens with one attached hydrogen (secondary N) is 2. The zero-order valence-corrected chi connectivity index (χ0v) is 12.2. The molecule has 1 aromatic heterocycles. The highest BCUT2D eigenvalue weighted by Gasteiger charge is 2.06. The van der Waals surface area contributed by atoms with Crippen LogP contribution >= 0.6 is 0 Å². The topological polar surface area (TPSA) is 85.3 Å². The predicted octanol–water partition coefficient (Wildman–Crippen LogP) is 1.53. The van der Waals surface area contributed by atoms with Crippen molar-refractivity contribution in [2.75, 3.05) is 13.1 Å². The smallest absolute Gasteiger partial charge is 0.248 e. The van der Waals surface area contributed by atoms with Gasteiger partial charge < -0.3 is 20.5 Å². The number of aromatic hydroxyl groups is 1. The summed E-state index contributed by atoms with van der Waals surface area (Å²) >= 11 is 0. The number of phenolic OH excluding ortho intramolecular Hbond substituents is 1. The van der Waals surface area contributed by atoms with Gasteiger partial charge in [-0.3, -0.25) is 4.79 Å². The van der Waals surface area contributed by atoms with E-state index in [1.807, 2.05) is 6.07 Å². The summed E-state index contributed by atoms with van der Waals surface area (Å²) in [5.74, 6) is 0.102. The van der Waals surface area contributed by atoms with E-state index in [-0.39, 0.29) is 17.4 Å². The number of hydrogen-bond acceptors (Lipinski definition) is 4. The van der Waals surface area contributed by atoms with Gasteiger partial charge in [-0.05, 0) is 50.4 Å². The highest BCUT2D eigenvalue weighted by Crippen LogP contribution is 2.25. The second-order valence-electron chi connectivity index (χ2n) is 5.37. The number of rotatable bonds is 7. The van der Waals surface area contributed by atoms with Crippen molar-refractivity contribution < 1.29 is 10.2 Å². The van der Waals surface area contributed by atoms with Crippen molar-refractivity contribution in [3.8, 4) is 5.75 Å². The van der Waals surface area contributed by atoms with Crippen LogP contribution in [0.5, 0.6) is 5.75 Å². The zero-order chi connectivity index (χ0) is 15.2. The summed E-state index contributed by atoms with van der Waals surface area (Å²) in [6, 6.07) is 6.77. The van der Waals surface area contributed by atoms with E-state index in [1.54, 1.807) is 19.1 Å². The van der Waals surface area contributed by atoms with Gasteiger partial charge >= 0.3 is 0 Å². The van der Waals surface area contributed by atoms with Crippen molar-refractivity contribution in [3.05, 3.63) is 40.2 Å². The Balaban J connectivity index is 1.96. The predicted molar refractivity (Wildman–Crippen MR) is 83.7 cm³/mol. The first-order chi connectivity index (χ1) is 10.1. The Morgan fingerprint density at radius 1 is 1.24 bits per heavy atom. The van der Waals surface area contributed by atoms with Crippen LogP contribution < -0.4 is 10.9 Å². The van der Waals surface area contributed by atoms with Crippen LogP contribution in [0.15, 0.2) is 29.1 Å². The van der Waals surface area contributed by atoms with Gasteiger partial charge in [-0.25, -0.2) is 0 Å². The second-order valence-corrected chi connectivity index (χ2v) is 5.37. The maximum atomic E-state index is 11.3. The van der Waals surface area contributed by atoms with E-state index in [9.17, 15) is 9.90 Å². The maximum Gasteiger partial charge on any atom is 0.248 e. The van der Waals surface area contributed by atoms with Gasteiger partial charge in [-0.2, -0.15) is 0 Å². The number of aromatic nitrogens is 1. The molecule has 1 unspecified atom stereocenters. The van der Waals surface area contributed by atoms with E-state index in [2.05, 4.69) is 10.3 Å². The lowest BCUT2D eigenvalue weighted by atomic mass is 10.0. The monoisotopic (exact) mass is 290 g/mol. The lowest BCUT2D eigenvalue weighted by molar-refractivity contribution is 0.191. The molecular weight excluding hydrogens is 268 g/mol. The van der Waals surface area contributed by atoms with Crippen LogP contribution in [-0.2, 0) is 6.42 Å². The lowest BCUT2D eigenvalue weighted by Crippen LogP contribution is -2.25. The number of unbranched alkanes of at least 4 members (excludes halogenated alkanes) is 1. The Morgan fingerprint density at radius 3 is 2.81 bits per heavy atom. The molecule has 1 aromatic carbocycles. The molecule has 114 valence electrons. The van der Waals surface area contributed by atoms with Gasteiger partial charge in [0.25, 0.3) is 0 Å². The molecule has 0 fully saturated rings. The molecule has 0 spiro atoms. The van der Waals surface area contributed by atoms with Crippen LogP contribution in [0.4, 0.5) is 0 Å². The third-order valence-corrected chi connectivity index (χ3v) is 3.45. The molecule has 1 atom stereocenters. The SMILES string of the molecule is CC(O)CNCCCCc1ccc(O)c2[nH]c(=O)ccc12. The first-order valence-corrected chi connectivity index (χ1v) is 7.30. The number of hydrogen-bond donors (Lipinski definition) is 4. The van der Waals surface area contributed by atoms with E-state index in [0.29, 0.717) is 12.1 Å². The number of fused-ring (bicyclic) bond motifs is 1. The standard InChI is InChI=1S/C16H22N2O3/c1-11(19)10-17-9-3-2-4-12-5-7-14(20)16-13(12)6-8-15(21)18-16/h5-8,11,17,19-20H,2-4,9-10H2,1H3,(H,18,21). The Bertz CT molecular complexity index is 650. The average molecular weight is 290 g/mol. The minimum absolute atomic E-state index is 0.102. The Hall–Kier alpha value is -1.85. The summed E-state index contributed by atoms with van der Waals surface area (Å²) < 4.78 is 0. The van der Waals surface area contributed by atoms with E-state index >= 15 is 0 Å². The first kappa shape index (κ1) is 15.5. The number of aliphatic hydroxyl groups excluding tert-OH is 1. The minimum Gasteiger partial charge on any atom is -0.506 e. The molecule has 5 heteroatoms. The van der Waals surface area contributed by atoms with Crippen LogP contribution in [0, 0.1) is 0 Å². The molecular formula is C16H22N2O3. The molecule has 0 saturated heterocycles. The number of phenols is 1. The fourth-order valence-corrected chi connectivity index (χ4v) is 2.39. The average Bonchev–Trinajstić information content (AvgIpc) is 2.45. The highest BCUT2D eigenvalue weighted by atomic mass is 16.3. The largest absolute Gasteiger partial charge is 0.506 e. The Labute approximate surface area is 123 Å². The maximum absolute atomic E-state index is 11.3. The van der Waals surface area contributed by atoms with Crippen LogP contribution in [0.1, 0.15) is 25.3 Å². The van der Waals surface area contributed by atoms with Gasteiger partial charge in [0.2, 0.25) is 5.56 Å². The van der Waals surface area contributed by atoms with Gasteiger partial charge in [0.15, 0.2) is 0 Å². The van der Waals surface area contributed by atoms with E-state index in [1.165, 1.54) is 6.07 Å². The molecule has 2 aromatic rings. The number of benzene rings is 1. The molecule has 0 saturated carbocycles. The molecule has 0 amide bonds. The molecule has 21 heavy (non-hydrogen) atoms. The van der Waals surface area contributed by atoms with Crippen molar-refractivity contribution in [1.82, 2.24) is 10.3 Å². The third-order valence-electron chi connectivity index (χ3n) is 3.45. The van der Waals surface area contributed by atoms with E-state index < -0.39 is 0 Å². The highest BCUT2D eigenvalue weighted by molar-refractivity contribution is 5.87. The number of aliphatic hydroxyl groups is 1. The molecule has 0 aliphatic heterocycles. The van der Waals surface area contributed by atoms with Crippen molar-refractivity contribution in [2.45, 2.75) is 32.3 Å². The molecule has 2 rings (SSSR count). The molecule has 0 radical (unpaired) electrons. The van der Waals surface area contributed by atoms with E-state index in [0.717, 1.165) is 36.8 Å². The molecule has 4 N–H and O–H groups in total. The molecule has 5 nitrogen and oxygen atoms in total. The van der Waals surface area contributed by atoms with Crippen molar-refractivity contribution in [3.63, 3.8) is 0 Å². The molecule has 0 aliphatic rings. The summed E-state index contributed by atoms with van der Waals surface area (Å²) in [6.07, 6.45) is 2.59. The fourth-order valence-electron chi connectivity index (χ4n) is 2.39. The Kier molecular flexibility index (Phi) is 5.36.